The predicted molar refractivity (Wildman–Crippen MR) is 65.2 cm³/mol. The number of alkyl carbamates (subject to hydrolysis) is 1. The maximum atomic E-state index is 11.6. The van der Waals surface area contributed by atoms with Crippen molar-refractivity contribution in [2.24, 2.45) is 5.92 Å². The lowest BCUT2D eigenvalue weighted by Crippen LogP contribution is -2.41. The third kappa shape index (κ3) is 3.57. The van der Waals surface area contributed by atoms with Crippen LogP contribution in [0.4, 0.5) is 4.79 Å². The zero-order valence-corrected chi connectivity index (χ0v) is 10.6. The van der Waals surface area contributed by atoms with Crippen LogP contribution in [0.3, 0.4) is 0 Å². The van der Waals surface area contributed by atoms with Crippen LogP contribution in [0.25, 0.3) is 0 Å². The molecule has 2 aliphatic rings. The average Bonchev–Trinajstić information content (AvgIpc) is 3.21. The van der Waals surface area contributed by atoms with Gasteiger partial charge in [0.15, 0.2) is 0 Å². The molecule has 0 radical (unpaired) electrons. The van der Waals surface area contributed by atoms with Gasteiger partial charge in [-0.1, -0.05) is 6.08 Å². The molecule has 1 aliphatic heterocycles. The normalized spacial score (nSPS) is 22.6. The monoisotopic (exact) mass is 253 g/mol. The van der Waals surface area contributed by atoms with Crippen LogP contribution >= 0.6 is 0 Å². The van der Waals surface area contributed by atoms with Crippen molar-refractivity contribution in [2.75, 3.05) is 13.2 Å². The fourth-order valence-electron chi connectivity index (χ4n) is 2.00. The second-order valence-corrected chi connectivity index (χ2v) is 4.83. The molecule has 100 valence electrons. The molecule has 18 heavy (non-hydrogen) atoms. The van der Waals surface area contributed by atoms with Crippen LogP contribution in [0.2, 0.25) is 0 Å². The van der Waals surface area contributed by atoms with E-state index >= 15 is 0 Å². The van der Waals surface area contributed by atoms with E-state index in [1.165, 1.54) is 0 Å². The summed E-state index contributed by atoms with van der Waals surface area (Å²) in [4.78, 5) is 22.6. The Kier molecular flexibility index (Phi) is 4.36. The lowest BCUT2D eigenvalue weighted by atomic mass is 10.1. The van der Waals surface area contributed by atoms with E-state index in [4.69, 9.17) is 9.47 Å². The number of hydrogen-bond donors (Lipinski definition) is 1. The fraction of sp³-hybridized carbons (Fsp3) is 0.692. The highest BCUT2D eigenvalue weighted by Crippen LogP contribution is 2.33. The average molecular weight is 253 g/mol. The molecule has 1 aliphatic carbocycles. The molecular formula is C13H19NO4. The number of nitrogens with one attached hydrogen (secondary N) is 1. The molecule has 2 atom stereocenters. The minimum absolute atomic E-state index is 0.0751. The van der Waals surface area contributed by atoms with Gasteiger partial charge in [-0.15, -0.1) is 0 Å². The first-order valence-electron chi connectivity index (χ1n) is 6.40. The lowest BCUT2D eigenvalue weighted by molar-refractivity contribution is -0.109. The summed E-state index contributed by atoms with van der Waals surface area (Å²) >= 11 is 0. The van der Waals surface area contributed by atoms with Crippen molar-refractivity contribution >= 4 is 12.4 Å². The van der Waals surface area contributed by atoms with Gasteiger partial charge in [-0.3, -0.25) is 0 Å². The molecule has 5 heteroatoms. The Labute approximate surface area is 107 Å². The predicted octanol–water partition coefficient (Wildman–Crippen LogP) is 1.43. The molecule has 1 saturated carbocycles. The second-order valence-electron chi connectivity index (χ2n) is 4.83. The summed E-state index contributed by atoms with van der Waals surface area (Å²) in [5, 5.41) is 2.57. The summed E-state index contributed by atoms with van der Waals surface area (Å²) in [7, 11) is 0. The van der Waals surface area contributed by atoms with Gasteiger partial charge in [0.25, 0.3) is 0 Å². The highest BCUT2D eigenvalue weighted by molar-refractivity contribution is 5.75. The van der Waals surface area contributed by atoms with Gasteiger partial charge in [-0.2, -0.15) is 0 Å². The molecule has 5 nitrogen and oxygen atoms in total. The third-order valence-electron chi connectivity index (χ3n) is 3.33. The van der Waals surface area contributed by atoms with Crippen LogP contribution in [0.15, 0.2) is 11.6 Å². The number of carbonyl (C=O) groups is 2. The van der Waals surface area contributed by atoms with E-state index in [1.54, 1.807) is 0 Å². The van der Waals surface area contributed by atoms with Crippen LogP contribution in [0.5, 0.6) is 0 Å². The first-order valence-corrected chi connectivity index (χ1v) is 6.40. The highest BCUT2D eigenvalue weighted by atomic mass is 16.6. The lowest BCUT2D eigenvalue weighted by Gasteiger charge is -2.21. The van der Waals surface area contributed by atoms with Crippen LogP contribution in [0.1, 0.15) is 26.2 Å². The minimum Gasteiger partial charge on any atom is -0.446 e. The first kappa shape index (κ1) is 13.1. The van der Waals surface area contributed by atoms with Crippen molar-refractivity contribution in [3.8, 4) is 0 Å². The SMILES string of the molecule is CC(OC(=O)NC(C=O)C1=CCCOC1)C1CC1. The van der Waals surface area contributed by atoms with Gasteiger partial charge in [-0.25, -0.2) is 4.79 Å². The molecule has 1 heterocycles. The molecule has 2 unspecified atom stereocenters. The van der Waals surface area contributed by atoms with Crippen molar-refractivity contribution in [1.29, 1.82) is 0 Å². The summed E-state index contributed by atoms with van der Waals surface area (Å²) in [5.74, 6) is 0.489. The molecule has 0 spiro atoms. The topological polar surface area (TPSA) is 64.6 Å². The van der Waals surface area contributed by atoms with Crippen LogP contribution in [-0.2, 0) is 14.3 Å². The largest absolute Gasteiger partial charge is 0.446 e. The Bertz CT molecular complexity index is 349. The molecule has 0 aromatic carbocycles. The van der Waals surface area contributed by atoms with Crippen molar-refractivity contribution in [3.05, 3.63) is 11.6 Å². The molecule has 1 amide bonds. The van der Waals surface area contributed by atoms with E-state index in [2.05, 4.69) is 5.32 Å². The van der Waals surface area contributed by atoms with Crippen molar-refractivity contribution < 1.29 is 19.1 Å². The van der Waals surface area contributed by atoms with Gasteiger partial charge in [0, 0.05) is 0 Å². The van der Waals surface area contributed by atoms with E-state index in [0.29, 0.717) is 25.4 Å². The van der Waals surface area contributed by atoms with Crippen molar-refractivity contribution in [3.63, 3.8) is 0 Å². The number of amides is 1. The zero-order valence-electron chi connectivity index (χ0n) is 10.6. The molecule has 2 rings (SSSR count). The van der Waals surface area contributed by atoms with Crippen molar-refractivity contribution in [2.45, 2.75) is 38.3 Å². The van der Waals surface area contributed by atoms with E-state index in [1.807, 2.05) is 13.0 Å². The Morgan fingerprint density at radius 1 is 1.61 bits per heavy atom. The molecule has 0 saturated heterocycles. The molecule has 0 aromatic heterocycles. The molecule has 0 aromatic rings. The summed E-state index contributed by atoms with van der Waals surface area (Å²) in [6.45, 7) is 2.94. The standard InChI is InChI=1S/C13H19NO4/c1-9(10-4-5-10)18-13(16)14-12(7-15)11-3-2-6-17-8-11/h3,7,9-10,12H,2,4-6,8H2,1H3,(H,14,16). The molecule has 0 bridgehead atoms. The maximum Gasteiger partial charge on any atom is 0.408 e. The van der Waals surface area contributed by atoms with Crippen molar-refractivity contribution in [1.82, 2.24) is 5.32 Å². The summed E-state index contributed by atoms with van der Waals surface area (Å²) in [6.07, 6.45) is 5.05. The molecular weight excluding hydrogens is 234 g/mol. The van der Waals surface area contributed by atoms with Gasteiger partial charge < -0.3 is 19.6 Å². The summed E-state index contributed by atoms with van der Waals surface area (Å²) in [5.41, 5.74) is 0.798. The van der Waals surface area contributed by atoms with E-state index in [0.717, 1.165) is 24.8 Å². The molecule has 1 fully saturated rings. The Morgan fingerprint density at radius 2 is 2.39 bits per heavy atom. The zero-order chi connectivity index (χ0) is 13.0. The number of ether oxygens (including phenoxy) is 2. The maximum absolute atomic E-state index is 11.6. The fourth-order valence-corrected chi connectivity index (χ4v) is 2.00. The Hall–Kier alpha value is -1.36. The number of carbonyl (C=O) groups excluding carboxylic acids is 2. The van der Waals surface area contributed by atoms with E-state index < -0.39 is 12.1 Å². The number of aldehydes is 1. The third-order valence-corrected chi connectivity index (χ3v) is 3.33. The van der Waals surface area contributed by atoms with Crippen LogP contribution in [-0.4, -0.2) is 37.7 Å². The second kappa shape index (κ2) is 6.00. The summed E-state index contributed by atoms with van der Waals surface area (Å²) in [6, 6.07) is -0.635. The Balaban J connectivity index is 1.83. The van der Waals surface area contributed by atoms with Gasteiger partial charge in [0.05, 0.1) is 13.2 Å². The summed E-state index contributed by atoms with van der Waals surface area (Å²) < 4.78 is 10.5. The Morgan fingerprint density at radius 3 is 2.94 bits per heavy atom. The van der Waals surface area contributed by atoms with Gasteiger partial charge in [0.2, 0.25) is 0 Å². The van der Waals surface area contributed by atoms with E-state index in [9.17, 15) is 9.59 Å². The van der Waals surface area contributed by atoms with Gasteiger partial charge in [0.1, 0.15) is 18.4 Å². The smallest absolute Gasteiger partial charge is 0.408 e. The van der Waals surface area contributed by atoms with Gasteiger partial charge >= 0.3 is 6.09 Å². The number of rotatable bonds is 5. The first-order chi connectivity index (χ1) is 8.70. The minimum atomic E-state index is -0.635. The number of hydrogen-bond acceptors (Lipinski definition) is 4. The van der Waals surface area contributed by atoms with Gasteiger partial charge in [-0.05, 0) is 37.7 Å². The highest BCUT2D eigenvalue weighted by Gasteiger charge is 2.31. The van der Waals surface area contributed by atoms with Crippen LogP contribution in [0, 0.1) is 5.92 Å². The van der Waals surface area contributed by atoms with Crippen LogP contribution < -0.4 is 5.32 Å². The quantitative estimate of drug-likeness (QED) is 0.594. The van der Waals surface area contributed by atoms with E-state index in [-0.39, 0.29) is 6.10 Å². The molecule has 1 N–H and O–H groups in total.